The number of carbonyl (C=O) groups excluding carboxylic acids is 1. The van der Waals surface area contributed by atoms with Crippen molar-refractivity contribution in [3.8, 4) is 0 Å². The fourth-order valence-electron chi connectivity index (χ4n) is 1.30. The maximum Gasteiger partial charge on any atom is 0.323 e. The van der Waals surface area contributed by atoms with Crippen LogP contribution in [-0.4, -0.2) is 35.9 Å². The lowest BCUT2D eigenvalue weighted by Gasteiger charge is -2.27. The Hall–Kier alpha value is -0.610. The van der Waals surface area contributed by atoms with Crippen LogP contribution in [-0.2, 0) is 9.53 Å². The number of aliphatic hydroxyl groups excluding tert-OH is 1. The number of aliphatic hydroxyl groups is 1. The van der Waals surface area contributed by atoms with Gasteiger partial charge in [0, 0.05) is 12.0 Å². The van der Waals surface area contributed by atoms with Gasteiger partial charge in [-0.2, -0.15) is 0 Å². The summed E-state index contributed by atoms with van der Waals surface area (Å²) < 4.78 is 4.96. The summed E-state index contributed by atoms with van der Waals surface area (Å²) in [7, 11) is 0. The van der Waals surface area contributed by atoms with Gasteiger partial charge in [0.05, 0.1) is 12.7 Å². The molecule has 15 heavy (non-hydrogen) atoms. The Bertz CT molecular complexity index is 192. The van der Waals surface area contributed by atoms with Gasteiger partial charge in [0.1, 0.15) is 6.04 Å². The van der Waals surface area contributed by atoms with Crippen LogP contribution in [0.25, 0.3) is 0 Å². The Morgan fingerprint density at radius 3 is 2.20 bits per heavy atom. The van der Waals surface area contributed by atoms with Gasteiger partial charge in [-0.25, -0.2) is 0 Å². The number of rotatable bonds is 6. The molecule has 0 heterocycles. The molecule has 0 aromatic heterocycles. The molecule has 0 fully saturated rings. The first-order valence-electron chi connectivity index (χ1n) is 5.50. The molecular formula is C11H23NO3. The first-order chi connectivity index (χ1) is 6.90. The van der Waals surface area contributed by atoms with E-state index in [1.165, 1.54) is 0 Å². The second-order valence-corrected chi connectivity index (χ2v) is 4.15. The van der Waals surface area contributed by atoms with Gasteiger partial charge in [0.25, 0.3) is 0 Å². The molecule has 0 saturated heterocycles. The maximum atomic E-state index is 11.6. The molecular weight excluding hydrogens is 194 g/mol. The van der Waals surface area contributed by atoms with Gasteiger partial charge in [-0.05, 0) is 13.8 Å². The second kappa shape index (κ2) is 6.80. The summed E-state index contributed by atoms with van der Waals surface area (Å²) in [6.45, 7) is 9.57. The van der Waals surface area contributed by atoms with Gasteiger partial charge < -0.3 is 15.2 Å². The normalized spacial score (nSPS) is 17.3. The topological polar surface area (TPSA) is 58.6 Å². The Balaban J connectivity index is 4.49. The Morgan fingerprint density at radius 1 is 1.33 bits per heavy atom. The molecule has 0 rings (SSSR count). The summed E-state index contributed by atoms with van der Waals surface area (Å²) in [6, 6.07) is -0.259. The van der Waals surface area contributed by atoms with E-state index in [0.29, 0.717) is 6.61 Å². The van der Waals surface area contributed by atoms with E-state index in [2.05, 4.69) is 5.32 Å². The summed E-state index contributed by atoms with van der Waals surface area (Å²) in [5.74, 6) is -0.453. The fourth-order valence-corrected chi connectivity index (χ4v) is 1.30. The molecule has 0 aromatic rings. The average molecular weight is 217 g/mol. The van der Waals surface area contributed by atoms with Gasteiger partial charge in [0.2, 0.25) is 0 Å². The first kappa shape index (κ1) is 14.4. The minimum Gasteiger partial charge on any atom is -0.465 e. The highest BCUT2D eigenvalue weighted by Crippen LogP contribution is 2.11. The molecule has 3 atom stereocenters. The molecule has 0 aliphatic carbocycles. The molecule has 90 valence electrons. The molecule has 4 nitrogen and oxygen atoms in total. The molecule has 0 radical (unpaired) electrons. The highest BCUT2D eigenvalue weighted by atomic mass is 16.5. The molecule has 0 amide bonds. The monoisotopic (exact) mass is 217 g/mol. The molecule has 0 spiro atoms. The molecule has 0 saturated carbocycles. The van der Waals surface area contributed by atoms with Gasteiger partial charge in [0.15, 0.2) is 0 Å². The lowest BCUT2D eigenvalue weighted by Crippen LogP contribution is -2.49. The first-order valence-corrected chi connectivity index (χ1v) is 5.50. The predicted molar refractivity (Wildman–Crippen MR) is 59.5 cm³/mol. The summed E-state index contributed by atoms with van der Waals surface area (Å²) in [5, 5.41) is 12.6. The summed E-state index contributed by atoms with van der Waals surface area (Å²) in [4.78, 5) is 11.6. The zero-order valence-electron chi connectivity index (χ0n) is 10.3. The van der Waals surface area contributed by atoms with Crippen LogP contribution >= 0.6 is 0 Å². The van der Waals surface area contributed by atoms with Crippen LogP contribution in [0.2, 0.25) is 0 Å². The van der Waals surface area contributed by atoms with Crippen LogP contribution in [0, 0.1) is 5.92 Å². The average Bonchev–Trinajstić information content (AvgIpc) is 2.13. The van der Waals surface area contributed by atoms with E-state index in [4.69, 9.17) is 4.74 Å². The van der Waals surface area contributed by atoms with Gasteiger partial charge in [-0.3, -0.25) is 4.79 Å². The van der Waals surface area contributed by atoms with E-state index < -0.39 is 12.1 Å². The Kier molecular flexibility index (Phi) is 6.52. The van der Waals surface area contributed by atoms with Crippen LogP contribution in [0.4, 0.5) is 0 Å². The van der Waals surface area contributed by atoms with E-state index in [0.717, 1.165) is 0 Å². The number of esters is 1. The van der Waals surface area contributed by atoms with Crippen molar-refractivity contribution in [2.45, 2.75) is 52.8 Å². The van der Waals surface area contributed by atoms with E-state index in [1.54, 1.807) is 13.8 Å². The molecule has 0 aliphatic rings. The van der Waals surface area contributed by atoms with Gasteiger partial charge in [-0.15, -0.1) is 0 Å². The van der Waals surface area contributed by atoms with Crippen LogP contribution < -0.4 is 5.32 Å². The van der Waals surface area contributed by atoms with Gasteiger partial charge >= 0.3 is 5.97 Å². The largest absolute Gasteiger partial charge is 0.465 e. The third-order valence-corrected chi connectivity index (χ3v) is 2.34. The molecule has 0 unspecified atom stereocenters. The highest BCUT2D eigenvalue weighted by Gasteiger charge is 2.29. The van der Waals surface area contributed by atoms with Crippen LogP contribution in [0.5, 0.6) is 0 Å². The molecule has 4 heteroatoms. The minimum atomic E-state index is -0.536. The lowest BCUT2D eigenvalue weighted by molar-refractivity contribution is -0.148. The summed E-state index contributed by atoms with van der Waals surface area (Å²) in [6.07, 6.45) is -0.536. The number of ether oxygens (including phenoxy) is 1. The molecule has 0 bridgehead atoms. The van der Waals surface area contributed by atoms with E-state index in [9.17, 15) is 9.90 Å². The van der Waals surface area contributed by atoms with Crippen molar-refractivity contribution in [1.29, 1.82) is 0 Å². The van der Waals surface area contributed by atoms with Crippen LogP contribution in [0.15, 0.2) is 0 Å². The van der Waals surface area contributed by atoms with Crippen molar-refractivity contribution in [2.24, 2.45) is 5.92 Å². The van der Waals surface area contributed by atoms with E-state index in [-0.39, 0.29) is 17.9 Å². The third-order valence-electron chi connectivity index (χ3n) is 2.34. The zero-order valence-corrected chi connectivity index (χ0v) is 10.3. The highest BCUT2D eigenvalue weighted by molar-refractivity contribution is 5.76. The number of hydrogen-bond donors (Lipinski definition) is 2. The van der Waals surface area contributed by atoms with Crippen molar-refractivity contribution in [3.05, 3.63) is 0 Å². The zero-order chi connectivity index (χ0) is 12.0. The number of carbonyl (C=O) groups is 1. The minimum absolute atomic E-state index is 0.161. The Labute approximate surface area is 92.0 Å². The third kappa shape index (κ3) is 5.14. The van der Waals surface area contributed by atoms with Crippen LogP contribution in [0.1, 0.15) is 34.6 Å². The number of nitrogens with one attached hydrogen (secondary N) is 1. The quantitative estimate of drug-likeness (QED) is 0.650. The van der Waals surface area contributed by atoms with Crippen molar-refractivity contribution in [3.63, 3.8) is 0 Å². The predicted octanol–water partition coefficient (Wildman–Crippen LogP) is 0.933. The SMILES string of the molecule is CCOC(=O)[C@@H](NC(C)C)[C@@H](C)[C@@H](C)O. The van der Waals surface area contributed by atoms with Crippen molar-refractivity contribution < 1.29 is 14.6 Å². The molecule has 0 aliphatic heterocycles. The summed E-state index contributed by atoms with van der Waals surface area (Å²) in [5.41, 5.74) is 0. The fraction of sp³-hybridized carbons (Fsp3) is 0.909. The lowest BCUT2D eigenvalue weighted by atomic mass is 9.96. The van der Waals surface area contributed by atoms with E-state index in [1.807, 2.05) is 20.8 Å². The maximum absolute atomic E-state index is 11.6. The Morgan fingerprint density at radius 2 is 1.87 bits per heavy atom. The van der Waals surface area contributed by atoms with Crippen molar-refractivity contribution >= 4 is 5.97 Å². The van der Waals surface area contributed by atoms with Gasteiger partial charge in [-0.1, -0.05) is 20.8 Å². The standard InChI is InChI=1S/C11H23NO3/c1-6-15-11(14)10(12-7(2)3)8(4)9(5)13/h7-10,12-13H,6H2,1-5H3/t8-,9+,10-/m0/s1. The number of hydrogen-bond acceptors (Lipinski definition) is 4. The smallest absolute Gasteiger partial charge is 0.323 e. The summed E-state index contributed by atoms with van der Waals surface area (Å²) >= 11 is 0. The molecule has 2 N–H and O–H groups in total. The van der Waals surface area contributed by atoms with E-state index >= 15 is 0 Å². The van der Waals surface area contributed by atoms with Crippen molar-refractivity contribution in [2.75, 3.05) is 6.61 Å². The second-order valence-electron chi connectivity index (χ2n) is 4.15. The van der Waals surface area contributed by atoms with Crippen LogP contribution in [0.3, 0.4) is 0 Å². The van der Waals surface area contributed by atoms with Crippen molar-refractivity contribution in [1.82, 2.24) is 5.32 Å². The molecule has 0 aromatic carbocycles.